The van der Waals surface area contributed by atoms with Crippen LogP contribution in [0.3, 0.4) is 0 Å². The summed E-state index contributed by atoms with van der Waals surface area (Å²) in [5, 5.41) is 0. The molecule has 106 valence electrons. The van der Waals surface area contributed by atoms with E-state index in [0.717, 1.165) is 11.3 Å². The summed E-state index contributed by atoms with van der Waals surface area (Å²) >= 11 is 1.83. The Bertz CT molecular complexity index is 561. The fourth-order valence-electron chi connectivity index (χ4n) is 1.77. The molecule has 0 atom stereocenters. The summed E-state index contributed by atoms with van der Waals surface area (Å²) in [4.78, 5) is 5.74. The van der Waals surface area contributed by atoms with Gasteiger partial charge in [0, 0.05) is 15.7 Å². The van der Waals surface area contributed by atoms with Crippen molar-refractivity contribution < 1.29 is 4.74 Å². The number of pyridine rings is 1. The largest absolute Gasteiger partial charge is 0.473 e. The van der Waals surface area contributed by atoms with E-state index in [4.69, 9.17) is 4.74 Å². The Morgan fingerprint density at radius 3 is 2.35 bits per heavy atom. The highest BCUT2D eigenvalue weighted by Gasteiger charge is 2.14. The minimum Gasteiger partial charge on any atom is -0.473 e. The molecule has 1 aromatic carbocycles. The zero-order chi connectivity index (χ0) is 14.6. The summed E-state index contributed by atoms with van der Waals surface area (Å²) in [7, 11) is 0. The number of hydrogen-bond acceptors (Lipinski definition) is 3. The van der Waals surface area contributed by atoms with Gasteiger partial charge < -0.3 is 4.74 Å². The fraction of sp³-hybridized carbons (Fsp3) is 0.353. The standard InChI is InChI=1S/C17H21NOS/c1-13-15(20-17(2,3)4)10-11-16(18-13)19-12-14-8-6-5-7-9-14/h5-11H,12H2,1-4H3. The van der Waals surface area contributed by atoms with Gasteiger partial charge in [0.1, 0.15) is 6.61 Å². The number of hydrogen-bond donors (Lipinski definition) is 0. The number of benzene rings is 1. The van der Waals surface area contributed by atoms with Crippen molar-refractivity contribution in [3.63, 3.8) is 0 Å². The molecule has 0 saturated carbocycles. The Labute approximate surface area is 125 Å². The number of rotatable bonds is 4. The van der Waals surface area contributed by atoms with E-state index in [0.29, 0.717) is 12.5 Å². The zero-order valence-electron chi connectivity index (χ0n) is 12.5. The van der Waals surface area contributed by atoms with Gasteiger partial charge in [-0.15, -0.1) is 11.8 Å². The quantitative estimate of drug-likeness (QED) is 0.750. The third kappa shape index (κ3) is 4.57. The summed E-state index contributed by atoms with van der Waals surface area (Å²) in [6, 6.07) is 14.2. The molecule has 0 aliphatic heterocycles. The second kappa shape index (κ2) is 6.31. The number of thioether (sulfide) groups is 1. The SMILES string of the molecule is Cc1nc(OCc2ccccc2)ccc1SC(C)(C)C. The number of nitrogens with zero attached hydrogens (tertiary/aromatic N) is 1. The van der Waals surface area contributed by atoms with E-state index in [1.807, 2.05) is 43.0 Å². The summed E-state index contributed by atoms with van der Waals surface area (Å²) in [6.07, 6.45) is 0. The first-order valence-electron chi connectivity index (χ1n) is 6.77. The smallest absolute Gasteiger partial charge is 0.213 e. The second-order valence-electron chi connectivity index (χ2n) is 5.72. The van der Waals surface area contributed by atoms with E-state index in [1.165, 1.54) is 4.90 Å². The second-order valence-corrected chi connectivity index (χ2v) is 7.59. The Morgan fingerprint density at radius 1 is 1.05 bits per heavy atom. The zero-order valence-corrected chi connectivity index (χ0v) is 13.3. The van der Waals surface area contributed by atoms with Crippen LogP contribution in [-0.2, 0) is 6.61 Å². The van der Waals surface area contributed by atoms with Gasteiger partial charge in [0.25, 0.3) is 0 Å². The van der Waals surface area contributed by atoms with Gasteiger partial charge >= 0.3 is 0 Å². The van der Waals surface area contributed by atoms with Crippen molar-refractivity contribution in [1.29, 1.82) is 0 Å². The Hall–Kier alpha value is -1.48. The highest BCUT2D eigenvalue weighted by atomic mass is 32.2. The summed E-state index contributed by atoms with van der Waals surface area (Å²) in [5.74, 6) is 0.685. The highest BCUT2D eigenvalue weighted by Crippen LogP contribution is 2.34. The lowest BCUT2D eigenvalue weighted by atomic mass is 10.2. The molecule has 0 N–H and O–H groups in total. The molecule has 2 rings (SSSR count). The van der Waals surface area contributed by atoms with E-state index < -0.39 is 0 Å². The van der Waals surface area contributed by atoms with Gasteiger partial charge in [-0.3, -0.25) is 0 Å². The van der Waals surface area contributed by atoms with Crippen molar-refractivity contribution in [3.8, 4) is 5.88 Å². The molecule has 1 aromatic heterocycles. The van der Waals surface area contributed by atoms with E-state index >= 15 is 0 Å². The summed E-state index contributed by atoms with van der Waals surface area (Å²) < 4.78 is 5.93. The first-order valence-corrected chi connectivity index (χ1v) is 7.59. The normalized spacial score (nSPS) is 11.4. The fourth-order valence-corrected chi connectivity index (χ4v) is 2.76. The minimum atomic E-state index is 0.193. The van der Waals surface area contributed by atoms with E-state index in [9.17, 15) is 0 Å². The topological polar surface area (TPSA) is 22.1 Å². The molecule has 0 unspecified atom stereocenters. The van der Waals surface area contributed by atoms with Gasteiger partial charge in [-0.05, 0) is 18.6 Å². The van der Waals surface area contributed by atoms with Crippen LogP contribution in [0.5, 0.6) is 5.88 Å². The predicted molar refractivity (Wildman–Crippen MR) is 85.4 cm³/mol. The molecule has 2 aromatic rings. The molecule has 0 aliphatic carbocycles. The predicted octanol–water partition coefficient (Wildman–Crippen LogP) is 4.86. The van der Waals surface area contributed by atoms with Crippen molar-refractivity contribution in [2.45, 2.75) is 43.9 Å². The molecule has 0 aliphatic rings. The first kappa shape index (κ1) is 14.9. The average molecular weight is 287 g/mol. The van der Waals surface area contributed by atoms with Crippen LogP contribution < -0.4 is 4.74 Å². The van der Waals surface area contributed by atoms with Crippen molar-refractivity contribution in [3.05, 3.63) is 53.7 Å². The van der Waals surface area contributed by atoms with E-state index in [2.05, 4.69) is 44.0 Å². The van der Waals surface area contributed by atoms with Crippen molar-refractivity contribution in [2.24, 2.45) is 0 Å². The molecule has 0 bridgehead atoms. The Kier molecular flexibility index (Phi) is 4.71. The molecular weight excluding hydrogens is 266 g/mol. The van der Waals surface area contributed by atoms with E-state index in [-0.39, 0.29) is 4.75 Å². The maximum Gasteiger partial charge on any atom is 0.213 e. The third-order valence-corrected chi connectivity index (χ3v) is 3.92. The Morgan fingerprint density at radius 2 is 1.75 bits per heavy atom. The van der Waals surface area contributed by atoms with Crippen molar-refractivity contribution in [2.75, 3.05) is 0 Å². The van der Waals surface area contributed by atoms with Gasteiger partial charge in [-0.2, -0.15) is 0 Å². The lowest BCUT2D eigenvalue weighted by Gasteiger charge is -2.18. The van der Waals surface area contributed by atoms with Crippen LogP contribution in [0.4, 0.5) is 0 Å². The molecule has 0 radical (unpaired) electrons. The van der Waals surface area contributed by atoms with Crippen LogP contribution in [0.1, 0.15) is 32.0 Å². The summed E-state index contributed by atoms with van der Waals surface area (Å²) in [5.41, 5.74) is 2.18. The molecule has 1 heterocycles. The summed E-state index contributed by atoms with van der Waals surface area (Å²) in [6.45, 7) is 9.20. The molecule has 0 fully saturated rings. The molecule has 0 amide bonds. The third-order valence-electron chi connectivity index (χ3n) is 2.66. The van der Waals surface area contributed by atoms with Crippen LogP contribution in [0.2, 0.25) is 0 Å². The van der Waals surface area contributed by atoms with Gasteiger partial charge in [-0.25, -0.2) is 4.98 Å². The highest BCUT2D eigenvalue weighted by molar-refractivity contribution is 8.00. The molecule has 2 nitrogen and oxygen atoms in total. The van der Waals surface area contributed by atoms with Crippen molar-refractivity contribution >= 4 is 11.8 Å². The van der Waals surface area contributed by atoms with Gasteiger partial charge in [-0.1, -0.05) is 51.1 Å². The van der Waals surface area contributed by atoms with Gasteiger partial charge in [0.2, 0.25) is 5.88 Å². The average Bonchev–Trinajstić information content (AvgIpc) is 2.39. The van der Waals surface area contributed by atoms with Gasteiger partial charge in [0.15, 0.2) is 0 Å². The number of aryl methyl sites for hydroxylation is 1. The molecule has 0 saturated heterocycles. The van der Waals surface area contributed by atoms with Gasteiger partial charge in [0.05, 0.1) is 5.69 Å². The monoisotopic (exact) mass is 287 g/mol. The molecule has 3 heteroatoms. The Balaban J connectivity index is 2.02. The van der Waals surface area contributed by atoms with Crippen LogP contribution in [-0.4, -0.2) is 9.73 Å². The molecular formula is C17H21NOS. The maximum absolute atomic E-state index is 5.74. The maximum atomic E-state index is 5.74. The number of ether oxygens (including phenoxy) is 1. The minimum absolute atomic E-state index is 0.193. The number of aromatic nitrogens is 1. The van der Waals surface area contributed by atoms with Crippen LogP contribution in [0.15, 0.2) is 47.4 Å². The molecule has 0 spiro atoms. The lowest BCUT2D eigenvalue weighted by molar-refractivity contribution is 0.293. The van der Waals surface area contributed by atoms with E-state index in [1.54, 1.807) is 0 Å². The lowest BCUT2D eigenvalue weighted by Crippen LogP contribution is -2.07. The van der Waals surface area contributed by atoms with Crippen LogP contribution in [0.25, 0.3) is 0 Å². The van der Waals surface area contributed by atoms with Crippen LogP contribution in [0, 0.1) is 6.92 Å². The molecule has 20 heavy (non-hydrogen) atoms. The van der Waals surface area contributed by atoms with Crippen LogP contribution >= 0.6 is 11.8 Å². The van der Waals surface area contributed by atoms with Crippen molar-refractivity contribution in [1.82, 2.24) is 4.98 Å². The first-order chi connectivity index (χ1) is 9.44.